The largest absolute Gasteiger partial charge is 0.213 e. The summed E-state index contributed by atoms with van der Waals surface area (Å²) in [7, 11) is -2.96. The molecule has 2 unspecified atom stereocenters. The Morgan fingerprint density at radius 2 is 1.87 bits per heavy atom. The molecule has 2 atom stereocenters. The molecule has 15 heavy (non-hydrogen) atoms. The van der Waals surface area contributed by atoms with Crippen LogP contribution in [-0.2, 0) is 10.0 Å². The minimum atomic E-state index is -2.96. The number of hydrogen-bond donors (Lipinski definition) is 0. The van der Waals surface area contributed by atoms with E-state index < -0.39 is 10.0 Å². The van der Waals surface area contributed by atoms with E-state index in [9.17, 15) is 8.42 Å². The van der Waals surface area contributed by atoms with Gasteiger partial charge in [-0.25, -0.2) is 12.7 Å². The third kappa shape index (κ3) is 4.51. The zero-order valence-corrected chi connectivity index (χ0v) is 11.5. The molecule has 0 spiro atoms. The van der Waals surface area contributed by atoms with Crippen LogP contribution in [0.25, 0.3) is 0 Å². The first-order valence-corrected chi connectivity index (χ1v) is 7.75. The quantitative estimate of drug-likeness (QED) is 0.736. The molecule has 0 aliphatic carbocycles. The Bertz CT molecular complexity index is 262. The van der Waals surface area contributed by atoms with Crippen molar-refractivity contribution < 1.29 is 8.42 Å². The molecule has 0 aromatic rings. The average Bonchev–Trinajstić information content (AvgIpc) is 2.20. The topological polar surface area (TPSA) is 37.4 Å². The Kier molecular flexibility index (Phi) is 6.44. The third-order valence-corrected chi connectivity index (χ3v) is 4.34. The fourth-order valence-corrected chi connectivity index (χ4v) is 2.85. The standard InChI is InChI=1S/C9H19NO2S.C2H6/c1-4-9-7-10(13(3,11)12)6-5-8(9)2;1-2/h8-9H,4-7H2,1-3H3;1-2H3. The van der Waals surface area contributed by atoms with Crippen LogP contribution >= 0.6 is 0 Å². The first-order chi connectivity index (χ1) is 6.95. The number of piperidine rings is 1. The summed E-state index contributed by atoms with van der Waals surface area (Å²) < 4.78 is 24.2. The van der Waals surface area contributed by atoms with Crippen molar-refractivity contribution in [1.82, 2.24) is 4.31 Å². The lowest BCUT2D eigenvalue weighted by Crippen LogP contribution is -2.42. The molecule has 92 valence electrons. The molecule has 0 radical (unpaired) electrons. The van der Waals surface area contributed by atoms with Crippen LogP contribution in [0, 0.1) is 11.8 Å². The summed E-state index contributed by atoms with van der Waals surface area (Å²) in [5.41, 5.74) is 0. The van der Waals surface area contributed by atoms with E-state index >= 15 is 0 Å². The first-order valence-electron chi connectivity index (χ1n) is 5.90. The highest BCUT2D eigenvalue weighted by Gasteiger charge is 2.29. The minimum Gasteiger partial charge on any atom is -0.213 e. The van der Waals surface area contributed by atoms with Gasteiger partial charge in [-0.05, 0) is 18.3 Å². The van der Waals surface area contributed by atoms with E-state index in [0.717, 1.165) is 19.4 Å². The Balaban J connectivity index is 0.000000921. The molecule has 0 aromatic carbocycles. The number of sulfonamides is 1. The van der Waals surface area contributed by atoms with Gasteiger partial charge in [-0.1, -0.05) is 34.1 Å². The van der Waals surface area contributed by atoms with Crippen molar-refractivity contribution in [2.75, 3.05) is 19.3 Å². The second-order valence-corrected chi connectivity index (χ2v) is 6.04. The molecule has 0 amide bonds. The molecular weight excluding hydrogens is 210 g/mol. The number of rotatable bonds is 2. The van der Waals surface area contributed by atoms with Gasteiger partial charge in [-0.2, -0.15) is 0 Å². The van der Waals surface area contributed by atoms with Gasteiger partial charge in [0.1, 0.15) is 0 Å². The van der Waals surface area contributed by atoms with Crippen molar-refractivity contribution >= 4 is 10.0 Å². The minimum absolute atomic E-state index is 0.545. The molecule has 1 aliphatic heterocycles. The van der Waals surface area contributed by atoms with Crippen LogP contribution in [0.4, 0.5) is 0 Å². The summed E-state index contributed by atoms with van der Waals surface area (Å²) in [6, 6.07) is 0. The average molecular weight is 235 g/mol. The van der Waals surface area contributed by atoms with Gasteiger partial charge in [0.05, 0.1) is 6.26 Å². The van der Waals surface area contributed by atoms with Crippen LogP contribution in [0.15, 0.2) is 0 Å². The van der Waals surface area contributed by atoms with Gasteiger partial charge in [0.25, 0.3) is 0 Å². The second-order valence-electron chi connectivity index (χ2n) is 4.06. The Morgan fingerprint density at radius 1 is 1.33 bits per heavy atom. The van der Waals surface area contributed by atoms with Crippen LogP contribution in [0.2, 0.25) is 0 Å². The summed E-state index contributed by atoms with van der Waals surface area (Å²) in [5.74, 6) is 1.21. The highest BCUT2D eigenvalue weighted by molar-refractivity contribution is 7.88. The van der Waals surface area contributed by atoms with E-state index in [1.165, 1.54) is 6.26 Å². The van der Waals surface area contributed by atoms with Gasteiger partial charge >= 0.3 is 0 Å². The van der Waals surface area contributed by atoms with E-state index in [-0.39, 0.29) is 0 Å². The van der Waals surface area contributed by atoms with Gasteiger partial charge in [0.15, 0.2) is 0 Å². The lowest BCUT2D eigenvalue weighted by atomic mass is 9.86. The number of hydrogen-bond acceptors (Lipinski definition) is 2. The van der Waals surface area contributed by atoms with E-state index in [1.54, 1.807) is 4.31 Å². The Morgan fingerprint density at radius 3 is 2.27 bits per heavy atom. The normalized spacial score (nSPS) is 28.1. The number of nitrogens with zero attached hydrogens (tertiary/aromatic N) is 1. The molecule has 1 fully saturated rings. The molecule has 1 rings (SSSR count). The zero-order valence-electron chi connectivity index (χ0n) is 10.7. The maximum Gasteiger partial charge on any atom is 0.211 e. The van der Waals surface area contributed by atoms with Crippen molar-refractivity contribution in [1.29, 1.82) is 0 Å². The van der Waals surface area contributed by atoms with E-state index in [2.05, 4.69) is 13.8 Å². The summed E-state index contributed by atoms with van der Waals surface area (Å²) in [4.78, 5) is 0. The molecular formula is C11H25NO2S. The van der Waals surface area contributed by atoms with Crippen LogP contribution in [0.3, 0.4) is 0 Å². The predicted octanol–water partition coefficient (Wildman–Crippen LogP) is 2.34. The lowest BCUT2D eigenvalue weighted by Gasteiger charge is -2.35. The lowest BCUT2D eigenvalue weighted by molar-refractivity contribution is 0.194. The smallest absolute Gasteiger partial charge is 0.211 e. The fourth-order valence-electron chi connectivity index (χ4n) is 1.95. The van der Waals surface area contributed by atoms with Gasteiger partial charge in [-0.15, -0.1) is 0 Å². The van der Waals surface area contributed by atoms with Gasteiger partial charge in [-0.3, -0.25) is 0 Å². The Hall–Kier alpha value is -0.0900. The highest BCUT2D eigenvalue weighted by Crippen LogP contribution is 2.26. The van der Waals surface area contributed by atoms with E-state index in [4.69, 9.17) is 0 Å². The summed E-state index contributed by atoms with van der Waals surface area (Å²) in [6.07, 6.45) is 3.38. The highest BCUT2D eigenvalue weighted by atomic mass is 32.2. The zero-order chi connectivity index (χ0) is 12.1. The molecule has 4 heteroatoms. The van der Waals surface area contributed by atoms with Gasteiger partial charge < -0.3 is 0 Å². The molecule has 3 nitrogen and oxygen atoms in total. The molecule has 0 saturated carbocycles. The first kappa shape index (κ1) is 14.9. The summed E-state index contributed by atoms with van der Waals surface area (Å²) >= 11 is 0. The molecule has 0 N–H and O–H groups in total. The van der Waals surface area contributed by atoms with Crippen molar-refractivity contribution in [3.05, 3.63) is 0 Å². The van der Waals surface area contributed by atoms with Crippen LogP contribution < -0.4 is 0 Å². The predicted molar refractivity (Wildman–Crippen MR) is 65.3 cm³/mol. The molecule has 1 aliphatic rings. The second kappa shape index (κ2) is 6.48. The van der Waals surface area contributed by atoms with Crippen molar-refractivity contribution in [2.24, 2.45) is 11.8 Å². The summed E-state index contributed by atoms with van der Waals surface area (Å²) in [5, 5.41) is 0. The summed E-state index contributed by atoms with van der Waals surface area (Å²) in [6.45, 7) is 9.77. The molecule has 0 bridgehead atoms. The van der Waals surface area contributed by atoms with Gasteiger partial charge in [0, 0.05) is 13.1 Å². The van der Waals surface area contributed by atoms with E-state index in [1.807, 2.05) is 13.8 Å². The van der Waals surface area contributed by atoms with Gasteiger partial charge in [0.2, 0.25) is 10.0 Å². The van der Waals surface area contributed by atoms with Crippen molar-refractivity contribution in [3.63, 3.8) is 0 Å². The SMILES string of the molecule is CC.CCC1CN(S(C)(=O)=O)CCC1C. The van der Waals surface area contributed by atoms with Crippen LogP contribution in [0.1, 0.15) is 40.5 Å². The maximum absolute atomic E-state index is 11.3. The maximum atomic E-state index is 11.3. The van der Waals surface area contributed by atoms with Crippen LogP contribution in [0.5, 0.6) is 0 Å². The third-order valence-electron chi connectivity index (χ3n) is 3.07. The monoisotopic (exact) mass is 235 g/mol. The molecule has 1 saturated heterocycles. The van der Waals surface area contributed by atoms with Crippen molar-refractivity contribution in [3.8, 4) is 0 Å². The molecule has 0 aromatic heterocycles. The Labute approximate surface area is 94.9 Å². The molecule has 1 heterocycles. The van der Waals surface area contributed by atoms with E-state index in [0.29, 0.717) is 18.4 Å². The van der Waals surface area contributed by atoms with Crippen LogP contribution in [-0.4, -0.2) is 32.1 Å². The van der Waals surface area contributed by atoms with Crippen molar-refractivity contribution in [2.45, 2.75) is 40.5 Å². The fraction of sp³-hybridized carbons (Fsp3) is 1.00.